The SMILES string of the molecule is C[C@@H]1COCCN1c1cc(-c2ccccc2[S+](N)[O-])c2cnn(C(N)=CC=N)c2n1. The minimum atomic E-state index is -1.65. The molecule has 0 spiro atoms. The van der Waals surface area contributed by atoms with Crippen LogP contribution in [-0.2, 0) is 16.1 Å². The topological polar surface area (TPSA) is 142 Å². The summed E-state index contributed by atoms with van der Waals surface area (Å²) in [5, 5.41) is 18.2. The van der Waals surface area contributed by atoms with Crippen LogP contribution in [-0.4, -0.2) is 51.3 Å². The van der Waals surface area contributed by atoms with E-state index < -0.39 is 11.4 Å². The van der Waals surface area contributed by atoms with Gasteiger partial charge < -0.3 is 25.3 Å². The van der Waals surface area contributed by atoms with E-state index in [1.54, 1.807) is 18.3 Å². The Balaban J connectivity index is 1.99. The number of allylic oxidation sites excluding steroid dienone is 1. The predicted molar refractivity (Wildman–Crippen MR) is 118 cm³/mol. The second kappa shape index (κ2) is 8.44. The van der Waals surface area contributed by atoms with Crippen molar-refractivity contribution < 1.29 is 9.29 Å². The Hall–Kier alpha value is -2.92. The fourth-order valence-electron chi connectivity index (χ4n) is 3.63. The first kappa shape index (κ1) is 20.4. The van der Waals surface area contributed by atoms with Gasteiger partial charge in [-0.3, -0.25) is 0 Å². The van der Waals surface area contributed by atoms with E-state index in [9.17, 15) is 4.55 Å². The molecule has 0 saturated carbocycles. The smallest absolute Gasteiger partial charge is 0.181 e. The van der Waals surface area contributed by atoms with Gasteiger partial charge in [0, 0.05) is 29.3 Å². The van der Waals surface area contributed by atoms with Crippen molar-refractivity contribution in [1.82, 2.24) is 14.8 Å². The maximum absolute atomic E-state index is 12.2. The van der Waals surface area contributed by atoms with E-state index in [2.05, 4.69) is 16.9 Å². The van der Waals surface area contributed by atoms with Crippen molar-refractivity contribution in [2.24, 2.45) is 10.9 Å². The van der Waals surface area contributed by atoms with Gasteiger partial charge in [0.1, 0.15) is 11.6 Å². The monoisotopic (exact) mass is 425 g/mol. The molecule has 0 aliphatic carbocycles. The minimum absolute atomic E-state index is 0.140. The molecule has 30 heavy (non-hydrogen) atoms. The van der Waals surface area contributed by atoms with E-state index >= 15 is 0 Å². The predicted octanol–water partition coefficient (Wildman–Crippen LogP) is 1.71. The summed E-state index contributed by atoms with van der Waals surface area (Å²) in [4.78, 5) is 7.54. The molecule has 0 amide bonds. The first-order valence-electron chi connectivity index (χ1n) is 9.46. The molecule has 3 heterocycles. The van der Waals surface area contributed by atoms with E-state index in [1.807, 2.05) is 18.2 Å². The molecule has 1 aromatic carbocycles. The number of rotatable bonds is 5. The summed E-state index contributed by atoms with van der Waals surface area (Å²) in [6.45, 7) is 3.99. The van der Waals surface area contributed by atoms with Gasteiger partial charge in [0.15, 0.2) is 10.5 Å². The number of hydrogen-bond donors (Lipinski definition) is 3. The number of ether oxygens (including phenoxy) is 1. The maximum Gasteiger partial charge on any atom is 0.181 e. The van der Waals surface area contributed by atoms with E-state index in [0.717, 1.165) is 28.5 Å². The van der Waals surface area contributed by atoms with Crippen LogP contribution >= 0.6 is 0 Å². The Labute approximate surface area is 177 Å². The Morgan fingerprint density at radius 3 is 2.90 bits per heavy atom. The van der Waals surface area contributed by atoms with Crippen LogP contribution in [0.1, 0.15) is 6.92 Å². The number of benzene rings is 1. The van der Waals surface area contributed by atoms with Gasteiger partial charge in [0.05, 0.1) is 36.8 Å². The van der Waals surface area contributed by atoms with Gasteiger partial charge in [0.2, 0.25) is 0 Å². The summed E-state index contributed by atoms with van der Waals surface area (Å²) in [6.07, 6.45) is 4.22. The number of nitrogens with two attached hydrogens (primary N) is 2. The molecule has 156 valence electrons. The third-order valence-electron chi connectivity index (χ3n) is 5.08. The molecule has 0 bridgehead atoms. The highest BCUT2D eigenvalue weighted by Gasteiger charge is 2.25. The molecule has 0 radical (unpaired) electrons. The molecule has 9 nitrogen and oxygen atoms in total. The van der Waals surface area contributed by atoms with Crippen molar-refractivity contribution in [3.8, 4) is 11.1 Å². The molecule has 4 rings (SSSR count). The molecular formula is C20H23N7O2S. The lowest BCUT2D eigenvalue weighted by Crippen LogP contribution is -2.44. The van der Waals surface area contributed by atoms with Gasteiger partial charge in [-0.15, -0.1) is 5.14 Å². The molecular weight excluding hydrogens is 402 g/mol. The van der Waals surface area contributed by atoms with E-state index in [1.165, 1.54) is 10.8 Å². The largest absolute Gasteiger partial charge is 0.593 e. The molecule has 2 aromatic heterocycles. The highest BCUT2D eigenvalue weighted by Crippen LogP contribution is 2.35. The molecule has 1 unspecified atom stereocenters. The first-order valence-corrected chi connectivity index (χ1v) is 10.7. The molecule has 1 fully saturated rings. The normalized spacial score (nSPS) is 18.6. The summed E-state index contributed by atoms with van der Waals surface area (Å²) in [5.41, 5.74) is 8.23. The number of anilines is 1. The summed E-state index contributed by atoms with van der Waals surface area (Å²) in [6, 6.07) is 9.43. The second-order valence-electron chi connectivity index (χ2n) is 6.99. The third-order valence-corrected chi connectivity index (χ3v) is 5.87. The maximum atomic E-state index is 12.2. The number of pyridine rings is 1. The molecule has 5 N–H and O–H groups in total. The average molecular weight is 426 g/mol. The third kappa shape index (κ3) is 3.65. The standard InChI is InChI=1S/C20H23N7O2S/c1-13-12-29-9-8-26(13)19-10-15(14-4-2-3-5-17(14)30(23)28)16-11-24-27(20(16)25-19)18(22)6-7-21/h2-7,10-11,13,21H,8-9,12,22-23H2,1H3/t13-,30?/m1/s1. The zero-order chi connectivity index (χ0) is 21.3. The Morgan fingerprint density at radius 2 is 2.17 bits per heavy atom. The van der Waals surface area contributed by atoms with Crippen molar-refractivity contribution in [3.63, 3.8) is 0 Å². The average Bonchev–Trinajstić information content (AvgIpc) is 3.17. The van der Waals surface area contributed by atoms with E-state index in [0.29, 0.717) is 30.3 Å². The van der Waals surface area contributed by atoms with Crippen LogP contribution < -0.4 is 15.8 Å². The van der Waals surface area contributed by atoms with Crippen molar-refractivity contribution in [2.75, 3.05) is 24.7 Å². The van der Waals surface area contributed by atoms with Crippen LogP contribution in [0, 0.1) is 5.41 Å². The number of aromatic nitrogens is 3. The molecule has 1 aliphatic heterocycles. The highest BCUT2D eigenvalue weighted by atomic mass is 32.2. The van der Waals surface area contributed by atoms with Crippen molar-refractivity contribution in [3.05, 3.63) is 42.6 Å². The van der Waals surface area contributed by atoms with Gasteiger partial charge in [-0.2, -0.15) is 9.78 Å². The van der Waals surface area contributed by atoms with Crippen molar-refractivity contribution in [2.45, 2.75) is 17.9 Å². The molecule has 2 atom stereocenters. The Morgan fingerprint density at radius 1 is 1.37 bits per heavy atom. The second-order valence-corrected chi connectivity index (χ2v) is 8.03. The van der Waals surface area contributed by atoms with Crippen LogP contribution in [0.2, 0.25) is 0 Å². The van der Waals surface area contributed by atoms with Crippen LogP contribution in [0.5, 0.6) is 0 Å². The van der Waals surface area contributed by atoms with Gasteiger partial charge in [-0.25, -0.2) is 4.98 Å². The molecule has 1 saturated heterocycles. The van der Waals surface area contributed by atoms with Gasteiger partial charge in [-0.05, 0) is 31.2 Å². The lowest BCUT2D eigenvalue weighted by Gasteiger charge is -2.34. The number of morpholine rings is 1. The molecule has 3 aromatic rings. The number of nitrogens with one attached hydrogen (secondary N) is 1. The van der Waals surface area contributed by atoms with E-state index in [-0.39, 0.29) is 11.9 Å². The van der Waals surface area contributed by atoms with Gasteiger partial charge >= 0.3 is 0 Å². The number of nitrogens with zero attached hydrogens (tertiary/aromatic N) is 4. The fraction of sp³-hybridized carbons (Fsp3) is 0.250. The quantitative estimate of drug-likeness (QED) is 0.417. The van der Waals surface area contributed by atoms with Crippen LogP contribution in [0.3, 0.4) is 0 Å². The minimum Gasteiger partial charge on any atom is -0.593 e. The lowest BCUT2D eigenvalue weighted by molar-refractivity contribution is 0.0986. The van der Waals surface area contributed by atoms with Gasteiger partial charge in [0.25, 0.3) is 0 Å². The zero-order valence-corrected chi connectivity index (χ0v) is 17.3. The zero-order valence-electron chi connectivity index (χ0n) is 16.5. The van der Waals surface area contributed by atoms with Gasteiger partial charge in [-0.1, -0.05) is 12.1 Å². The summed E-state index contributed by atoms with van der Waals surface area (Å²) >= 11 is -1.65. The summed E-state index contributed by atoms with van der Waals surface area (Å²) in [7, 11) is 0. The van der Waals surface area contributed by atoms with Crippen LogP contribution in [0.4, 0.5) is 5.82 Å². The highest BCUT2D eigenvalue weighted by molar-refractivity contribution is 7.89. The van der Waals surface area contributed by atoms with Crippen LogP contribution in [0.25, 0.3) is 28.0 Å². The lowest BCUT2D eigenvalue weighted by atomic mass is 10.0. The first-order chi connectivity index (χ1) is 14.5. The number of fused-ring (bicyclic) bond motifs is 1. The molecule has 10 heteroatoms. The Bertz CT molecular complexity index is 1110. The van der Waals surface area contributed by atoms with Crippen LogP contribution in [0.15, 0.2) is 47.5 Å². The van der Waals surface area contributed by atoms with Crippen molar-refractivity contribution >= 4 is 40.2 Å². The summed E-state index contributed by atoms with van der Waals surface area (Å²) < 4.78 is 19.3. The number of hydrogen-bond acceptors (Lipinski definition) is 8. The Kier molecular flexibility index (Phi) is 5.73. The fourth-order valence-corrected chi connectivity index (χ4v) is 4.24. The molecule has 1 aliphatic rings. The van der Waals surface area contributed by atoms with E-state index in [4.69, 9.17) is 26.0 Å². The summed E-state index contributed by atoms with van der Waals surface area (Å²) in [5.74, 6) is 1.02. The van der Waals surface area contributed by atoms with Crippen molar-refractivity contribution in [1.29, 1.82) is 5.41 Å².